The van der Waals surface area contributed by atoms with Crippen LogP contribution in [0, 0.1) is 20.8 Å². The molecule has 2 N–H and O–H groups in total. The van der Waals surface area contributed by atoms with E-state index in [0.717, 1.165) is 29.4 Å². The first-order chi connectivity index (χ1) is 12.8. The van der Waals surface area contributed by atoms with E-state index in [0.29, 0.717) is 6.54 Å². The fraction of sp³-hybridized carbons (Fsp3) is 0.524. The molecule has 0 aliphatic carbocycles. The summed E-state index contributed by atoms with van der Waals surface area (Å²) >= 11 is 0. The number of guanidine groups is 1. The molecule has 2 aromatic rings. The molecule has 0 amide bonds. The highest BCUT2D eigenvalue weighted by molar-refractivity contribution is 5.80. The zero-order chi connectivity index (χ0) is 20.0. The van der Waals surface area contributed by atoms with Crippen molar-refractivity contribution in [3.05, 3.63) is 46.8 Å². The minimum atomic E-state index is 0.0303. The summed E-state index contributed by atoms with van der Waals surface area (Å²) in [7, 11) is 3.77. The van der Waals surface area contributed by atoms with E-state index < -0.39 is 0 Å². The van der Waals surface area contributed by atoms with Crippen molar-refractivity contribution < 1.29 is 4.74 Å². The van der Waals surface area contributed by atoms with Crippen LogP contribution in [0.15, 0.2) is 29.3 Å². The Kier molecular flexibility index (Phi) is 7.28. The summed E-state index contributed by atoms with van der Waals surface area (Å²) in [5, 5.41) is 11.3. The highest BCUT2D eigenvalue weighted by atomic mass is 16.5. The topological polar surface area (TPSA) is 63.5 Å². The Morgan fingerprint density at radius 3 is 2.52 bits per heavy atom. The standard InChI is InChI=1S/C21H33N5O/c1-14-10-8-9-11-20(14)27-16(3)13-23-21(22-6)24-15(2)12-19-17(4)25-26(7)18(19)5/h8-11,15-16H,12-13H2,1-7H3,(H2,22,23,24). The van der Waals surface area contributed by atoms with Gasteiger partial charge in [0.1, 0.15) is 11.9 Å². The van der Waals surface area contributed by atoms with E-state index in [9.17, 15) is 0 Å². The van der Waals surface area contributed by atoms with Crippen LogP contribution in [0.2, 0.25) is 0 Å². The van der Waals surface area contributed by atoms with E-state index in [2.05, 4.69) is 61.4 Å². The number of hydrogen-bond acceptors (Lipinski definition) is 3. The molecule has 27 heavy (non-hydrogen) atoms. The van der Waals surface area contributed by atoms with Gasteiger partial charge in [-0.2, -0.15) is 5.10 Å². The van der Waals surface area contributed by atoms with Gasteiger partial charge in [-0.15, -0.1) is 0 Å². The molecule has 0 radical (unpaired) electrons. The van der Waals surface area contributed by atoms with Gasteiger partial charge in [0.05, 0.1) is 12.2 Å². The Labute approximate surface area is 163 Å². The van der Waals surface area contributed by atoms with Gasteiger partial charge in [-0.25, -0.2) is 0 Å². The third-order valence-electron chi connectivity index (χ3n) is 4.75. The van der Waals surface area contributed by atoms with Crippen molar-refractivity contribution in [1.82, 2.24) is 20.4 Å². The molecule has 2 atom stereocenters. The van der Waals surface area contributed by atoms with Gasteiger partial charge >= 0.3 is 0 Å². The Bertz CT molecular complexity index is 781. The lowest BCUT2D eigenvalue weighted by molar-refractivity contribution is 0.222. The zero-order valence-corrected chi connectivity index (χ0v) is 17.6. The zero-order valence-electron chi connectivity index (χ0n) is 17.6. The number of benzene rings is 1. The molecule has 0 fully saturated rings. The van der Waals surface area contributed by atoms with Gasteiger partial charge in [-0.05, 0) is 58.2 Å². The highest BCUT2D eigenvalue weighted by Crippen LogP contribution is 2.17. The van der Waals surface area contributed by atoms with Crippen molar-refractivity contribution in [3.8, 4) is 5.75 Å². The first kappa shape index (κ1) is 20.8. The maximum Gasteiger partial charge on any atom is 0.191 e. The Morgan fingerprint density at radius 2 is 1.93 bits per heavy atom. The maximum absolute atomic E-state index is 6.02. The molecule has 1 heterocycles. The van der Waals surface area contributed by atoms with Gasteiger partial charge < -0.3 is 15.4 Å². The maximum atomic E-state index is 6.02. The van der Waals surface area contributed by atoms with E-state index in [1.165, 1.54) is 11.3 Å². The van der Waals surface area contributed by atoms with Crippen LogP contribution in [-0.4, -0.2) is 41.5 Å². The molecule has 0 aliphatic rings. The molecule has 148 valence electrons. The SMILES string of the molecule is CN=C(NCC(C)Oc1ccccc1C)NC(C)Cc1c(C)nn(C)c1C. The Hall–Kier alpha value is -2.50. The first-order valence-corrected chi connectivity index (χ1v) is 9.50. The number of para-hydroxylation sites is 1. The minimum Gasteiger partial charge on any atom is -0.489 e. The van der Waals surface area contributed by atoms with Crippen molar-refractivity contribution in [2.45, 2.75) is 53.2 Å². The quantitative estimate of drug-likeness (QED) is 0.580. The van der Waals surface area contributed by atoms with Crippen LogP contribution in [0.1, 0.15) is 36.4 Å². The van der Waals surface area contributed by atoms with Crippen molar-refractivity contribution >= 4 is 5.96 Å². The second kappa shape index (κ2) is 9.44. The van der Waals surface area contributed by atoms with Gasteiger partial charge in [0.2, 0.25) is 0 Å². The molecule has 1 aromatic carbocycles. The van der Waals surface area contributed by atoms with Crippen LogP contribution in [0.5, 0.6) is 5.75 Å². The largest absolute Gasteiger partial charge is 0.489 e. The Morgan fingerprint density at radius 1 is 1.22 bits per heavy atom. The molecule has 0 saturated heterocycles. The van der Waals surface area contributed by atoms with Crippen molar-refractivity contribution in [2.24, 2.45) is 12.0 Å². The summed E-state index contributed by atoms with van der Waals surface area (Å²) < 4.78 is 7.96. The van der Waals surface area contributed by atoms with Crippen molar-refractivity contribution in [1.29, 1.82) is 0 Å². The Balaban J connectivity index is 1.85. The molecular weight excluding hydrogens is 338 g/mol. The van der Waals surface area contributed by atoms with Crippen LogP contribution in [0.4, 0.5) is 0 Å². The molecule has 0 saturated carbocycles. The van der Waals surface area contributed by atoms with Gasteiger partial charge in [-0.1, -0.05) is 18.2 Å². The van der Waals surface area contributed by atoms with Crippen LogP contribution in [0.25, 0.3) is 0 Å². The van der Waals surface area contributed by atoms with Gasteiger partial charge in [-0.3, -0.25) is 9.67 Å². The summed E-state index contributed by atoms with van der Waals surface area (Å²) in [4.78, 5) is 4.33. The lowest BCUT2D eigenvalue weighted by atomic mass is 10.1. The fourth-order valence-electron chi connectivity index (χ4n) is 3.09. The predicted octanol–water partition coefficient (Wildman–Crippen LogP) is 2.91. The molecule has 1 aromatic heterocycles. The van der Waals surface area contributed by atoms with Crippen molar-refractivity contribution in [3.63, 3.8) is 0 Å². The average molecular weight is 372 g/mol. The number of rotatable bonds is 7. The van der Waals surface area contributed by atoms with Crippen LogP contribution < -0.4 is 15.4 Å². The molecule has 6 heteroatoms. The first-order valence-electron chi connectivity index (χ1n) is 9.50. The molecule has 2 unspecified atom stereocenters. The molecular formula is C21H33N5O. The average Bonchev–Trinajstić information content (AvgIpc) is 2.86. The summed E-state index contributed by atoms with van der Waals surface area (Å²) in [5.41, 5.74) is 4.74. The third-order valence-corrected chi connectivity index (χ3v) is 4.75. The number of hydrogen-bond donors (Lipinski definition) is 2. The normalized spacial score (nSPS) is 14.0. The number of nitrogens with zero attached hydrogens (tertiary/aromatic N) is 3. The van der Waals surface area contributed by atoms with E-state index in [-0.39, 0.29) is 12.1 Å². The molecule has 0 bridgehead atoms. The second-order valence-corrected chi connectivity index (χ2v) is 7.17. The number of aryl methyl sites for hydroxylation is 3. The number of aliphatic imine (C=N–C) groups is 1. The van der Waals surface area contributed by atoms with E-state index in [1.54, 1.807) is 7.05 Å². The smallest absolute Gasteiger partial charge is 0.191 e. The predicted molar refractivity (Wildman–Crippen MR) is 112 cm³/mol. The summed E-state index contributed by atoms with van der Waals surface area (Å²) in [6, 6.07) is 8.31. The lowest BCUT2D eigenvalue weighted by Gasteiger charge is -2.21. The molecule has 6 nitrogen and oxygen atoms in total. The van der Waals surface area contributed by atoms with E-state index in [4.69, 9.17) is 4.74 Å². The molecule has 0 aliphatic heterocycles. The molecule has 0 spiro atoms. The summed E-state index contributed by atoms with van der Waals surface area (Å²) in [5.74, 6) is 1.70. The monoisotopic (exact) mass is 371 g/mol. The summed E-state index contributed by atoms with van der Waals surface area (Å²) in [6.45, 7) is 11.1. The second-order valence-electron chi connectivity index (χ2n) is 7.17. The van der Waals surface area contributed by atoms with Crippen LogP contribution in [0.3, 0.4) is 0 Å². The number of nitrogens with one attached hydrogen (secondary N) is 2. The van der Waals surface area contributed by atoms with Gasteiger partial charge in [0, 0.05) is 25.8 Å². The van der Waals surface area contributed by atoms with Crippen LogP contribution in [-0.2, 0) is 13.5 Å². The van der Waals surface area contributed by atoms with Gasteiger partial charge in [0.15, 0.2) is 5.96 Å². The highest BCUT2D eigenvalue weighted by Gasteiger charge is 2.14. The van der Waals surface area contributed by atoms with Crippen LogP contribution >= 0.6 is 0 Å². The van der Waals surface area contributed by atoms with E-state index in [1.807, 2.05) is 29.9 Å². The number of aromatic nitrogens is 2. The summed E-state index contributed by atoms with van der Waals surface area (Å²) in [6.07, 6.45) is 0.935. The fourth-order valence-corrected chi connectivity index (χ4v) is 3.09. The minimum absolute atomic E-state index is 0.0303. The lowest BCUT2D eigenvalue weighted by Crippen LogP contribution is -2.45. The number of ether oxygens (including phenoxy) is 1. The van der Waals surface area contributed by atoms with E-state index >= 15 is 0 Å². The van der Waals surface area contributed by atoms with Gasteiger partial charge in [0.25, 0.3) is 0 Å². The molecule has 2 rings (SSSR count). The third kappa shape index (κ3) is 5.74. The van der Waals surface area contributed by atoms with Crippen molar-refractivity contribution in [2.75, 3.05) is 13.6 Å².